The summed E-state index contributed by atoms with van der Waals surface area (Å²) in [4.78, 5) is 10.3. The molecule has 86 heavy (non-hydrogen) atoms. The lowest BCUT2D eigenvalue weighted by atomic mass is 9.89. The SMILES string of the molecule is Cc1cccc2c1nc1n(-c3nccn3-c3ccccc3)c3cc(Oc4cccc(-n5[c-][n+](-c6c(-c7cc(-c8ccccc8)cc(-c8ccccc8)c7)cccc6-c6cc(-c7ccccc7)cc(-c7ccccc7)c6)c6ccccc65)c4)ccc3n21. The molecule has 16 aromatic rings. The average molecular weight is 1100 g/mol. The van der Waals surface area contributed by atoms with Crippen molar-refractivity contribution in [3.05, 3.63) is 315 Å². The summed E-state index contributed by atoms with van der Waals surface area (Å²) in [7, 11) is 0. The lowest BCUT2D eigenvalue weighted by molar-refractivity contribution is -0.571. The van der Waals surface area contributed by atoms with Crippen LogP contribution in [-0.2, 0) is 0 Å². The van der Waals surface area contributed by atoms with Crippen LogP contribution in [0.1, 0.15) is 5.56 Å². The summed E-state index contributed by atoms with van der Waals surface area (Å²) in [5, 5.41) is 0. The average Bonchev–Trinajstić information content (AvgIpc) is 1.70. The largest absolute Gasteiger partial charge is 0.458 e. The molecule has 0 radical (unpaired) electrons. The zero-order valence-electron chi connectivity index (χ0n) is 46.9. The van der Waals surface area contributed by atoms with Gasteiger partial charge < -0.3 is 4.74 Å². The maximum Gasteiger partial charge on any atom is 0.269 e. The molecule has 16 rings (SSSR count). The van der Waals surface area contributed by atoms with Gasteiger partial charge in [-0.3, -0.25) is 18.1 Å². The van der Waals surface area contributed by atoms with Gasteiger partial charge in [0.15, 0.2) is 0 Å². The summed E-state index contributed by atoms with van der Waals surface area (Å²) < 4.78 is 17.8. The minimum atomic E-state index is 0.671. The number of rotatable bonds is 12. The Morgan fingerprint density at radius 3 is 1.50 bits per heavy atom. The van der Waals surface area contributed by atoms with E-state index < -0.39 is 0 Å². The number of benzene rings is 12. The Morgan fingerprint density at radius 1 is 0.395 bits per heavy atom. The molecule has 0 spiro atoms. The van der Waals surface area contributed by atoms with Crippen molar-refractivity contribution < 1.29 is 9.30 Å². The van der Waals surface area contributed by atoms with Crippen LogP contribution in [0.4, 0.5) is 0 Å². The number of fused-ring (bicyclic) bond motifs is 6. The Morgan fingerprint density at radius 2 is 0.895 bits per heavy atom. The van der Waals surface area contributed by atoms with Crippen LogP contribution in [0.2, 0.25) is 0 Å². The molecule has 0 aliphatic carbocycles. The minimum absolute atomic E-state index is 0.671. The van der Waals surface area contributed by atoms with Gasteiger partial charge in [0.1, 0.15) is 11.5 Å². The van der Waals surface area contributed by atoms with Gasteiger partial charge in [-0.15, -0.1) is 0 Å². The molecule has 8 heteroatoms. The molecule has 0 N–H and O–H groups in total. The van der Waals surface area contributed by atoms with Crippen LogP contribution < -0.4 is 9.30 Å². The van der Waals surface area contributed by atoms with Gasteiger partial charge in [0.2, 0.25) is 11.7 Å². The fraction of sp³-hybridized carbons (Fsp3) is 0.0128. The first-order valence-corrected chi connectivity index (χ1v) is 29.0. The summed E-state index contributed by atoms with van der Waals surface area (Å²) in [5.74, 6) is 2.83. The molecule has 0 bridgehead atoms. The van der Waals surface area contributed by atoms with E-state index in [4.69, 9.17) is 14.7 Å². The molecule has 12 aromatic carbocycles. The van der Waals surface area contributed by atoms with Crippen LogP contribution in [0.15, 0.2) is 304 Å². The third-order valence-electron chi connectivity index (χ3n) is 16.4. The third kappa shape index (κ3) is 8.83. The smallest absolute Gasteiger partial charge is 0.269 e. The number of aromatic nitrogens is 7. The second kappa shape index (κ2) is 21.0. The lowest BCUT2D eigenvalue weighted by Crippen LogP contribution is -2.31. The summed E-state index contributed by atoms with van der Waals surface area (Å²) in [6.45, 7) is 2.11. The van der Waals surface area contributed by atoms with Crippen LogP contribution >= 0.6 is 0 Å². The van der Waals surface area contributed by atoms with Gasteiger partial charge in [-0.05, 0) is 164 Å². The zero-order valence-corrected chi connectivity index (χ0v) is 46.9. The fourth-order valence-corrected chi connectivity index (χ4v) is 12.4. The van der Waals surface area contributed by atoms with Crippen LogP contribution in [0, 0.1) is 13.3 Å². The number of aryl methyl sites for hydroxylation is 1. The molecule has 0 amide bonds. The van der Waals surface area contributed by atoms with E-state index in [1.54, 1.807) is 0 Å². The van der Waals surface area contributed by atoms with E-state index in [1.807, 2.05) is 42.7 Å². The summed E-state index contributed by atoms with van der Waals surface area (Å²) >= 11 is 0. The minimum Gasteiger partial charge on any atom is -0.458 e. The highest BCUT2D eigenvalue weighted by atomic mass is 16.5. The first-order chi connectivity index (χ1) is 42.5. The number of hydrogen-bond donors (Lipinski definition) is 0. The second-order valence-corrected chi connectivity index (χ2v) is 21.7. The van der Waals surface area contributed by atoms with Crippen LogP contribution in [0.25, 0.3) is 129 Å². The fourth-order valence-electron chi connectivity index (χ4n) is 12.4. The molecule has 0 aliphatic heterocycles. The van der Waals surface area contributed by atoms with Crippen molar-refractivity contribution in [2.45, 2.75) is 6.92 Å². The molecule has 4 heterocycles. The predicted octanol–water partition coefficient (Wildman–Crippen LogP) is 18.7. The molecule has 0 saturated heterocycles. The van der Waals surface area contributed by atoms with E-state index in [2.05, 4.69) is 297 Å². The summed E-state index contributed by atoms with van der Waals surface area (Å²) in [5.41, 5.74) is 23.3. The van der Waals surface area contributed by atoms with Crippen molar-refractivity contribution in [3.63, 3.8) is 0 Å². The molecule has 0 aliphatic rings. The van der Waals surface area contributed by atoms with Crippen LogP contribution in [-0.4, -0.2) is 28.1 Å². The molecule has 4 aromatic heterocycles. The lowest BCUT2D eigenvalue weighted by Gasteiger charge is -2.20. The van der Waals surface area contributed by atoms with Gasteiger partial charge in [-0.2, -0.15) is 0 Å². The van der Waals surface area contributed by atoms with E-state index in [1.165, 1.54) is 0 Å². The highest BCUT2D eigenvalue weighted by molar-refractivity contribution is 5.94. The predicted molar refractivity (Wildman–Crippen MR) is 348 cm³/mol. The monoisotopic (exact) mass is 1100 g/mol. The maximum absolute atomic E-state index is 6.96. The second-order valence-electron chi connectivity index (χ2n) is 21.7. The van der Waals surface area contributed by atoms with Crippen molar-refractivity contribution in [3.8, 4) is 101 Å². The van der Waals surface area contributed by atoms with Gasteiger partial charge in [0, 0.05) is 24.1 Å². The van der Waals surface area contributed by atoms with Gasteiger partial charge in [0.05, 0.1) is 44.5 Å². The Balaban J connectivity index is 0.873. The van der Waals surface area contributed by atoms with Gasteiger partial charge in [-0.25, -0.2) is 14.5 Å². The highest BCUT2D eigenvalue weighted by Crippen LogP contribution is 2.42. The van der Waals surface area contributed by atoms with E-state index in [0.29, 0.717) is 11.5 Å². The zero-order chi connectivity index (χ0) is 57.1. The quantitative estimate of drug-likeness (QED) is 0.0905. The van der Waals surface area contributed by atoms with Gasteiger partial charge in [-0.1, -0.05) is 200 Å². The van der Waals surface area contributed by atoms with E-state index in [9.17, 15) is 0 Å². The molecule has 8 nitrogen and oxygen atoms in total. The number of ether oxygens (including phenoxy) is 1. The van der Waals surface area contributed by atoms with Crippen molar-refractivity contribution >= 4 is 38.9 Å². The van der Waals surface area contributed by atoms with E-state index >= 15 is 0 Å². The van der Waals surface area contributed by atoms with Gasteiger partial charge >= 0.3 is 0 Å². The maximum atomic E-state index is 6.96. The highest BCUT2D eigenvalue weighted by Gasteiger charge is 2.24. The Bertz CT molecular complexity index is 4940. The van der Waals surface area contributed by atoms with Crippen LogP contribution in [0.5, 0.6) is 11.5 Å². The first kappa shape index (κ1) is 50.1. The first-order valence-electron chi connectivity index (χ1n) is 29.0. The number of hydrogen-bond acceptors (Lipinski definition) is 3. The van der Waals surface area contributed by atoms with E-state index in [0.717, 1.165) is 134 Å². The third-order valence-corrected chi connectivity index (χ3v) is 16.4. The van der Waals surface area contributed by atoms with Crippen molar-refractivity contribution in [1.82, 2.24) is 28.1 Å². The van der Waals surface area contributed by atoms with E-state index in [-0.39, 0.29) is 0 Å². The molecule has 0 atom stereocenters. The standard InChI is InChI=1S/C78H53N7O/c1-53-22-19-39-73-75(53)80-78-84(73)72-41-40-67(51-74(72)85(78)77-79-42-43-81(77)64-31-15-6-16-32-64)86-66-34-20-33-65(50-66)82-52-83(71-38-18-17-37-70(71)82)76-68(62-46-58(54-23-7-2-8-24-54)44-59(47-62)55-25-9-3-10-26-55)35-21-36-69(76)63-48-60(56-27-11-4-12-28-56)45-61(49-63)57-29-13-5-14-30-57/h2-51H,1H3. The molecule has 406 valence electrons. The molecule has 0 unspecified atom stereocenters. The number of nitrogens with zero attached hydrogens (tertiary/aromatic N) is 7. The summed E-state index contributed by atoms with van der Waals surface area (Å²) in [6, 6.07) is 103. The normalized spacial score (nSPS) is 11.5. The Kier molecular flexibility index (Phi) is 12.2. The molecular weight excluding hydrogens is 1050 g/mol. The molecular formula is C78H53N7O. The topological polar surface area (TPSA) is 58.1 Å². The number of para-hydroxylation sites is 5. The van der Waals surface area contributed by atoms with Gasteiger partial charge in [0.25, 0.3) is 6.33 Å². The van der Waals surface area contributed by atoms with Crippen LogP contribution in [0.3, 0.4) is 0 Å². The Hall–Kier alpha value is -11.6. The van der Waals surface area contributed by atoms with Crippen molar-refractivity contribution in [1.29, 1.82) is 0 Å². The number of imidazole rings is 4. The molecule has 0 fully saturated rings. The molecule has 0 saturated carbocycles. The van der Waals surface area contributed by atoms with Crippen molar-refractivity contribution in [2.24, 2.45) is 0 Å². The summed E-state index contributed by atoms with van der Waals surface area (Å²) in [6.07, 6.45) is 7.80. The Labute approximate surface area is 497 Å². The van der Waals surface area contributed by atoms with Crippen molar-refractivity contribution in [2.75, 3.05) is 0 Å².